The van der Waals surface area contributed by atoms with E-state index in [0.717, 1.165) is 23.1 Å². The number of nitrogens with one attached hydrogen (secondary N) is 2. The number of thiazole rings is 1. The number of oxime groups is 1. The van der Waals surface area contributed by atoms with Gasteiger partial charge in [0.1, 0.15) is 30.8 Å². The van der Waals surface area contributed by atoms with E-state index in [1.807, 2.05) is 41.5 Å². The van der Waals surface area contributed by atoms with E-state index >= 15 is 0 Å². The monoisotopic (exact) mass is 762 g/mol. The largest absolute Gasteiger partial charge is 0.762 e. The maximum atomic E-state index is 13.2. The fraction of sp³-hybridized carbons (Fsp3) is 0.292. The first kappa shape index (κ1) is 38.5. The fourth-order valence-corrected chi connectivity index (χ4v) is 8.58. The Balaban J connectivity index is 0.00000118. The Bertz CT molecular complexity index is 1790. The molecule has 3 aromatic rings. The van der Waals surface area contributed by atoms with Crippen LogP contribution in [-0.4, -0.2) is 93.1 Å². The molecule has 48 heavy (non-hydrogen) atoms. The Kier molecular flexibility index (Phi) is 13.2. The van der Waals surface area contributed by atoms with Gasteiger partial charge in [-0.3, -0.25) is 23.8 Å². The zero-order valence-electron chi connectivity index (χ0n) is 24.9. The molecule has 258 valence electrons. The van der Waals surface area contributed by atoms with Crippen molar-refractivity contribution in [1.82, 2.24) is 24.6 Å². The molecule has 0 aromatic carbocycles. The molecule has 0 radical (unpaired) electrons. The van der Waals surface area contributed by atoms with Gasteiger partial charge in [-0.25, -0.2) is 14.3 Å². The molecule has 0 bridgehead atoms. The maximum Gasteiger partial charge on any atom is 0.353 e. The number of anilines is 1. The van der Waals surface area contributed by atoms with Crippen LogP contribution in [0.4, 0.5) is 5.13 Å². The number of hydrogen-bond donors (Lipinski definition) is 5. The molecule has 2 aliphatic rings. The summed E-state index contributed by atoms with van der Waals surface area (Å²) in [5, 5.41) is 26.2. The Morgan fingerprint density at radius 1 is 1.27 bits per heavy atom. The van der Waals surface area contributed by atoms with Gasteiger partial charge in [0.2, 0.25) is 24.4 Å². The highest BCUT2D eigenvalue weighted by Gasteiger charge is 2.54. The molecule has 1 fully saturated rings. The average molecular weight is 763 g/mol. The van der Waals surface area contributed by atoms with Crippen LogP contribution in [0.25, 0.3) is 11.3 Å². The second-order valence-corrected chi connectivity index (χ2v) is 14.5. The van der Waals surface area contributed by atoms with E-state index in [1.54, 1.807) is 12.0 Å². The number of carbonyl (C=O) groups is 4. The molecule has 3 aromatic heterocycles. The predicted molar refractivity (Wildman–Crippen MR) is 173 cm³/mol. The van der Waals surface area contributed by atoms with Crippen LogP contribution in [0.15, 0.2) is 50.0 Å². The normalized spacial score (nSPS) is 18.2. The van der Waals surface area contributed by atoms with E-state index in [-0.39, 0.29) is 34.5 Å². The standard InChI is InChI=1S/C22H21N8O8PS4.C2H4O2.H2O/c1-3-38-26-13(16-25-21(43-28-16)27-39(35,36)37)17(31)24-14-18(32)30-15(20(33)34)12(9-40-19(14)30)42-22-23-11(8-41-22)10-4-6-29(2)7-5-10;1-2(3)4;/h4-8,14,19H,3,9H2,1-2H3,(H4-,24,25,27,28,31,33,34,35,36,37);1H3,(H,3,4);1H2/b26-13-;;/t14-,19-;;/m1../s1. The number of aromatic nitrogens is 4. The third kappa shape index (κ3) is 9.56. The van der Waals surface area contributed by atoms with Crippen molar-refractivity contribution < 1.29 is 58.6 Å². The maximum absolute atomic E-state index is 13.2. The van der Waals surface area contributed by atoms with Gasteiger partial charge in [-0.15, -0.1) is 23.1 Å². The van der Waals surface area contributed by atoms with Crippen LogP contribution in [-0.2, 0) is 35.6 Å². The molecule has 0 spiro atoms. The van der Waals surface area contributed by atoms with Crippen molar-refractivity contribution in [1.29, 1.82) is 0 Å². The summed E-state index contributed by atoms with van der Waals surface area (Å²) in [5.41, 5.74) is 1.03. The third-order valence-electron chi connectivity index (χ3n) is 5.77. The number of aryl methyl sites for hydroxylation is 1. The van der Waals surface area contributed by atoms with E-state index in [2.05, 4.69) is 24.8 Å². The van der Waals surface area contributed by atoms with Gasteiger partial charge in [-0.1, -0.05) is 16.9 Å². The molecule has 1 saturated heterocycles. The number of thioether (sulfide) groups is 2. The molecule has 2 amide bonds. The number of carboxylic acids is 2. The van der Waals surface area contributed by atoms with E-state index in [4.69, 9.17) is 19.6 Å². The van der Waals surface area contributed by atoms with Gasteiger partial charge in [0.05, 0.1) is 5.69 Å². The van der Waals surface area contributed by atoms with Gasteiger partial charge in [0.15, 0.2) is 16.7 Å². The van der Waals surface area contributed by atoms with Crippen LogP contribution in [0.3, 0.4) is 0 Å². The number of β-lactam (4-membered cyclic amide) rings is 1. The van der Waals surface area contributed by atoms with E-state index in [9.17, 15) is 28.9 Å². The first-order valence-electron chi connectivity index (χ1n) is 13.0. The number of fused-ring (bicyclic) bond motifs is 1. The minimum Gasteiger partial charge on any atom is -0.762 e. The van der Waals surface area contributed by atoms with Crippen LogP contribution in [0.2, 0.25) is 0 Å². The lowest BCUT2D eigenvalue weighted by molar-refractivity contribution is -0.671. The first-order valence-corrected chi connectivity index (χ1v) is 18.1. The fourth-order valence-electron chi connectivity index (χ4n) is 3.89. The van der Waals surface area contributed by atoms with Crippen molar-refractivity contribution in [3.8, 4) is 11.3 Å². The number of pyridine rings is 1. The number of amides is 2. The minimum atomic E-state index is -4.92. The topological polar surface area (TPSA) is 292 Å². The minimum absolute atomic E-state index is 0. The average Bonchev–Trinajstić information content (AvgIpc) is 3.64. The third-order valence-corrected chi connectivity index (χ3v) is 10.5. The van der Waals surface area contributed by atoms with Gasteiger partial charge in [0, 0.05) is 52.2 Å². The molecule has 24 heteroatoms. The van der Waals surface area contributed by atoms with Gasteiger partial charge in [-0.05, 0) is 6.92 Å². The lowest BCUT2D eigenvalue weighted by Crippen LogP contribution is -2.71. The zero-order chi connectivity index (χ0) is 34.5. The Labute approximate surface area is 287 Å². The van der Waals surface area contributed by atoms with Crippen molar-refractivity contribution in [2.24, 2.45) is 12.2 Å². The number of nitrogens with zero attached hydrogens (tertiary/aromatic N) is 6. The van der Waals surface area contributed by atoms with Crippen molar-refractivity contribution in [3.63, 3.8) is 0 Å². The Morgan fingerprint density at radius 2 is 1.94 bits per heavy atom. The number of carbonyl (C=O) groups excluding carboxylic acids is 2. The van der Waals surface area contributed by atoms with Crippen LogP contribution in [0.1, 0.15) is 19.7 Å². The smallest absolute Gasteiger partial charge is 0.353 e. The predicted octanol–water partition coefficient (Wildman–Crippen LogP) is -0.146. The number of carboxylic acid groups (broad SMARTS) is 2. The second kappa shape index (κ2) is 16.4. The lowest BCUT2D eigenvalue weighted by atomic mass is 10.0. The number of hydrogen-bond acceptors (Lipinski definition) is 15. The highest BCUT2D eigenvalue weighted by Crippen LogP contribution is 2.46. The molecular formula is C24H27N8O11PS4. The summed E-state index contributed by atoms with van der Waals surface area (Å²) in [5.74, 6) is -3.74. The van der Waals surface area contributed by atoms with Gasteiger partial charge >= 0.3 is 5.97 Å². The summed E-state index contributed by atoms with van der Waals surface area (Å²) >= 11 is 4.35. The number of aliphatic carboxylic acids is 2. The Morgan fingerprint density at radius 3 is 2.54 bits per heavy atom. The van der Waals surface area contributed by atoms with E-state index in [0.29, 0.717) is 20.8 Å². The van der Waals surface area contributed by atoms with E-state index in [1.165, 1.54) is 34.9 Å². The molecule has 7 N–H and O–H groups in total. The molecule has 3 atom stereocenters. The van der Waals surface area contributed by atoms with Crippen molar-refractivity contribution in [2.75, 3.05) is 17.4 Å². The SMILES string of the molecule is CC(=O)O.CCO/N=C(\C(=O)N[C@@H]1C(=O)N2C(C(=O)O)=C(Sc3nc(-c4cc[n+](C)cc4)cs3)CS[C@H]12)c1nsc(NP(=O)([O-])O)n1.O. The summed E-state index contributed by atoms with van der Waals surface area (Å²) in [6.07, 6.45) is 3.79. The summed E-state index contributed by atoms with van der Waals surface area (Å²) in [7, 11) is -3.02. The second-order valence-electron chi connectivity index (χ2n) is 9.22. The molecule has 2 aliphatic heterocycles. The molecule has 5 heterocycles. The van der Waals surface area contributed by atoms with Gasteiger partial charge in [0.25, 0.3) is 17.8 Å². The summed E-state index contributed by atoms with van der Waals surface area (Å²) < 4.78 is 17.5. The quantitative estimate of drug-likeness (QED) is 0.0558. The van der Waals surface area contributed by atoms with Crippen LogP contribution in [0.5, 0.6) is 0 Å². The van der Waals surface area contributed by atoms with Gasteiger partial charge < -0.3 is 40.7 Å². The van der Waals surface area contributed by atoms with Crippen molar-refractivity contribution in [3.05, 3.63) is 46.3 Å². The highest BCUT2D eigenvalue weighted by atomic mass is 32.2. The van der Waals surface area contributed by atoms with Crippen LogP contribution >= 0.6 is 54.1 Å². The summed E-state index contributed by atoms with van der Waals surface area (Å²) in [6, 6.07) is 2.75. The molecular weight excluding hydrogens is 736 g/mol. The molecule has 0 saturated carbocycles. The van der Waals surface area contributed by atoms with E-state index < -0.39 is 48.6 Å². The van der Waals surface area contributed by atoms with Gasteiger partial charge in [-0.2, -0.15) is 9.36 Å². The molecule has 1 unspecified atom stereocenters. The summed E-state index contributed by atoms with van der Waals surface area (Å²) in [6.45, 7) is 2.76. The van der Waals surface area contributed by atoms with Crippen LogP contribution in [0, 0.1) is 0 Å². The van der Waals surface area contributed by atoms with Crippen molar-refractivity contribution in [2.45, 2.75) is 29.6 Å². The number of rotatable bonds is 11. The first-order chi connectivity index (χ1) is 22.2. The van der Waals surface area contributed by atoms with Crippen molar-refractivity contribution >= 4 is 88.7 Å². The van der Waals surface area contributed by atoms with Crippen LogP contribution < -0.4 is 19.9 Å². The zero-order valence-corrected chi connectivity index (χ0v) is 29.1. The molecule has 0 aliphatic carbocycles. The summed E-state index contributed by atoms with van der Waals surface area (Å²) in [4.78, 5) is 82.7. The highest BCUT2D eigenvalue weighted by molar-refractivity contribution is 8.07. The molecule has 19 nitrogen and oxygen atoms in total. The molecule has 5 rings (SSSR count). The lowest BCUT2D eigenvalue weighted by Gasteiger charge is -2.49. The Hall–Kier alpha value is -3.96.